The van der Waals surface area contributed by atoms with Crippen LogP contribution in [0.1, 0.15) is 23.2 Å². The van der Waals surface area contributed by atoms with Crippen molar-refractivity contribution in [3.63, 3.8) is 0 Å². The van der Waals surface area contributed by atoms with Crippen molar-refractivity contribution in [2.45, 2.75) is 38.2 Å². The van der Waals surface area contributed by atoms with Crippen molar-refractivity contribution in [3.8, 4) is 11.4 Å². The predicted octanol–water partition coefficient (Wildman–Crippen LogP) is 4.17. The molecule has 8 heteroatoms. The molecule has 6 nitrogen and oxygen atoms in total. The molecule has 3 heterocycles. The highest BCUT2D eigenvalue weighted by Gasteiger charge is 2.15. The van der Waals surface area contributed by atoms with Gasteiger partial charge in [0.1, 0.15) is 10.7 Å². The Morgan fingerprint density at radius 1 is 1.19 bits per heavy atom. The highest BCUT2D eigenvalue weighted by molar-refractivity contribution is 7.98. The van der Waals surface area contributed by atoms with E-state index in [0.717, 1.165) is 38.4 Å². The van der Waals surface area contributed by atoms with E-state index in [-0.39, 0.29) is 5.56 Å². The van der Waals surface area contributed by atoms with Gasteiger partial charge in [-0.1, -0.05) is 42.1 Å². The van der Waals surface area contributed by atoms with E-state index in [1.807, 2.05) is 44.2 Å². The second kappa shape index (κ2) is 7.28. The van der Waals surface area contributed by atoms with Crippen LogP contribution in [0.3, 0.4) is 0 Å². The number of fused-ring (bicyclic) bond motifs is 1. The van der Waals surface area contributed by atoms with Crippen molar-refractivity contribution >= 4 is 33.3 Å². The molecule has 0 aliphatic carbocycles. The molecule has 4 rings (SSSR count). The second-order valence-electron chi connectivity index (χ2n) is 6.18. The Morgan fingerprint density at radius 3 is 2.70 bits per heavy atom. The van der Waals surface area contributed by atoms with Crippen LogP contribution in [0, 0.1) is 13.8 Å². The summed E-state index contributed by atoms with van der Waals surface area (Å²) >= 11 is 3.09. The topological polar surface area (TPSA) is 76.5 Å². The van der Waals surface area contributed by atoms with Gasteiger partial charge in [0.25, 0.3) is 5.56 Å². The number of aryl methyl sites for hydroxylation is 2. The maximum Gasteiger partial charge on any atom is 0.259 e. The molecule has 0 saturated heterocycles. The molecule has 27 heavy (non-hydrogen) atoms. The average molecular weight is 398 g/mol. The maximum atomic E-state index is 12.4. The largest absolute Gasteiger partial charge is 0.309 e. The summed E-state index contributed by atoms with van der Waals surface area (Å²) in [4.78, 5) is 21.9. The van der Waals surface area contributed by atoms with E-state index in [1.54, 1.807) is 11.3 Å². The van der Waals surface area contributed by atoms with E-state index in [1.165, 1.54) is 11.8 Å². The first kappa shape index (κ1) is 17.9. The summed E-state index contributed by atoms with van der Waals surface area (Å²) in [5.41, 5.74) is 1.98. The Morgan fingerprint density at radius 2 is 1.96 bits per heavy atom. The summed E-state index contributed by atoms with van der Waals surface area (Å²) in [6.07, 6.45) is 0. The second-order valence-corrected chi connectivity index (χ2v) is 8.33. The first-order valence-electron chi connectivity index (χ1n) is 8.68. The van der Waals surface area contributed by atoms with Crippen molar-refractivity contribution < 1.29 is 0 Å². The minimum Gasteiger partial charge on any atom is -0.309 e. The molecule has 138 valence electrons. The average Bonchev–Trinajstić information content (AvgIpc) is 3.21. The summed E-state index contributed by atoms with van der Waals surface area (Å²) in [5, 5.41) is 10.2. The predicted molar refractivity (Wildman–Crippen MR) is 110 cm³/mol. The van der Waals surface area contributed by atoms with E-state index < -0.39 is 0 Å². The zero-order valence-corrected chi connectivity index (χ0v) is 16.9. The van der Waals surface area contributed by atoms with Gasteiger partial charge in [0.15, 0.2) is 11.0 Å². The number of hydrogen-bond acceptors (Lipinski definition) is 6. The standard InChI is InChI=1S/C19H19N5OS2/c1-4-24-16(13-8-6-5-7-9-13)22-23-19(24)26-10-14-20-17(25)15-11(2)12(3)27-18(15)21-14/h5-9H,4,10H2,1-3H3,(H,20,21,25). The van der Waals surface area contributed by atoms with Crippen molar-refractivity contribution in [2.75, 3.05) is 0 Å². The first-order valence-corrected chi connectivity index (χ1v) is 10.5. The van der Waals surface area contributed by atoms with Crippen LogP contribution in [0.4, 0.5) is 0 Å². The number of thiophene rings is 1. The normalized spacial score (nSPS) is 11.4. The SMILES string of the molecule is CCn1c(SCc2nc3sc(C)c(C)c3c(=O)[nH]2)nnc1-c1ccccc1. The van der Waals surface area contributed by atoms with Crippen LogP contribution >= 0.6 is 23.1 Å². The zero-order chi connectivity index (χ0) is 19.0. The van der Waals surface area contributed by atoms with Crippen LogP contribution in [-0.2, 0) is 12.3 Å². The number of aromatic amines is 1. The summed E-state index contributed by atoms with van der Waals surface area (Å²) in [7, 11) is 0. The van der Waals surface area contributed by atoms with Gasteiger partial charge in [0, 0.05) is 17.0 Å². The highest BCUT2D eigenvalue weighted by Crippen LogP contribution is 2.28. The van der Waals surface area contributed by atoms with Crippen LogP contribution in [0.2, 0.25) is 0 Å². The van der Waals surface area contributed by atoms with Gasteiger partial charge in [-0.05, 0) is 26.3 Å². The van der Waals surface area contributed by atoms with Crippen LogP contribution in [0.5, 0.6) is 0 Å². The highest BCUT2D eigenvalue weighted by atomic mass is 32.2. The Kier molecular flexibility index (Phi) is 4.84. The van der Waals surface area contributed by atoms with Crippen molar-refractivity contribution in [1.29, 1.82) is 0 Å². The lowest BCUT2D eigenvalue weighted by Crippen LogP contribution is -2.11. The fourth-order valence-corrected chi connectivity index (χ4v) is 4.90. The molecule has 0 radical (unpaired) electrons. The van der Waals surface area contributed by atoms with Gasteiger partial charge in [-0.2, -0.15) is 0 Å². The molecular formula is C19H19N5OS2. The minimum absolute atomic E-state index is 0.0700. The van der Waals surface area contributed by atoms with E-state index >= 15 is 0 Å². The van der Waals surface area contributed by atoms with Gasteiger partial charge in [0.05, 0.1) is 11.1 Å². The molecule has 1 aromatic carbocycles. The first-order chi connectivity index (χ1) is 13.1. The van der Waals surface area contributed by atoms with Crippen LogP contribution in [0.15, 0.2) is 40.3 Å². The summed E-state index contributed by atoms with van der Waals surface area (Å²) in [6, 6.07) is 10.0. The van der Waals surface area contributed by atoms with Crippen molar-refractivity contribution in [2.24, 2.45) is 0 Å². The molecule has 0 bridgehead atoms. The molecule has 0 aliphatic heterocycles. The van der Waals surface area contributed by atoms with Crippen LogP contribution < -0.4 is 5.56 Å². The lowest BCUT2D eigenvalue weighted by molar-refractivity contribution is 0.687. The monoisotopic (exact) mass is 397 g/mol. The molecule has 0 fully saturated rings. The third-order valence-corrected chi connectivity index (χ3v) is 6.57. The lowest BCUT2D eigenvalue weighted by Gasteiger charge is -2.07. The summed E-state index contributed by atoms with van der Waals surface area (Å²) in [5.74, 6) is 2.04. The quantitative estimate of drug-likeness (QED) is 0.512. The number of H-pyrrole nitrogens is 1. The fraction of sp³-hybridized carbons (Fsp3) is 0.263. The van der Waals surface area contributed by atoms with E-state index in [9.17, 15) is 4.79 Å². The molecule has 0 amide bonds. The van der Waals surface area contributed by atoms with Crippen LogP contribution in [-0.4, -0.2) is 24.7 Å². The molecule has 0 atom stereocenters. The number of rotatable bonds is 5. The molecule has 0 spiro atoms. The summed E-state index contributed by atoms with van der Waals surface area (Å²) < 4.78 is 2.08. The molecule has 3 aromatic heterocycles. The molecule has 1 N–H and O–H groups in total. The van der Waals surface area contributed by atoms with Gasteiger partial charge in [-0.15, -0.1) is 21.5 Å². The number of nitrogens with one attached hydrogen (secondary N) is 1. The molecule has 4 aromatic rings. The number of aromatic nitrogens is 5. The molecule has 0 saturated carbocycles. The fourth-order valence-electron chi connectivity index (χ4n) is 2.98. The summed E-state index contributed by atoms with van der Waals surface area (Å²) in [6.45, 7) is 6.83. The zero-order valence-electron chi connectivity index (χ0n) is 15.3. The lowest BCUT2D eigenvalue weighted by atomic mass is 10.2. The molecular weight excluding hydrogens is 378 g/mol. The van der Waals surface area contributed by atoms with Gasteiger partial charge in [-0.3, -0.25) is 4.79 Å². The minimum atomic E-state index is -0.0700. The third kappa shape index (κ3) is 3.30. The number of benzene rings is 1. The van der Waals surface area contributed by atoms with Gasteiger partial charge < -0.3 is 9.55 Å². The van der Waals surface area contributed by atoms with Crippen LogP contribution in [0.25, 0.3) is 21.6 Å². The van der Waals surface area contributed by atoms with Crippen molar-refractivity contribution in [1.82, 2.24) is 24.7 Å². The van der Waals surface area contributed by atoms with Gasteiger partial charge >= 0.3 is 0 Å². The number of hydrogen-bond donors (Lipinski definition) is 1. The van der Waals surface area contributed by atoms with E-state index in [0.29, 0.717) is 17.0 Å². The Hall–Kier alpha value is -2.45. The Balaban J connectivity index is 1.62. The smallest absolute Gasteiger partial charge is 0.259 e. The Bertz CT molecular complexity index is 1160. The van der Waals surface area contributed by atoms with E-state index in [2.05, 4.69) is 31.7 Å². The van der Waals surface area contributed by atoms with Gasteiger partial charge in [-0.25, -0.2) is 4.98 Å². The van der Waals surface area contributed by atoms with Gasteiger partial charge in [0.2, 0.25) is 0 Å². The Labute approximate surface area is 164 Å². The maximum absolute atomic E-state index is 12.4. The third-order valence-electron chi connectivity index (χ3n) is 4.49. The molecule has 0 unspecified atom stereocenters. The van der Waals surface area contributed by atoms with Crippen molar-refractivity contribution in [3.05, 3.63) is 57.0 Å². The van der Waals surface area contributed by atoms with E-state index in [4.69, 9.17) is 0 Å². The number of thioether (sulfide) groups is 1. The molecule has 0 aliphatic rings. The number of nitrogens with zero attached hydrogens (tertiary/aromatic N) is 4.